The predicted molar refractivity (Wildman–Crippen MR) is 146 cm³/mol. The van der Waals surface area contributed by atoms with Crippen molar-refractivity contribution in [3.63, 3.8) is 0 Å². The van der Waals surface area contributed by atoms with E-state index in [4.69, 9.17) is 14.5 Å². The van der Waals surface area contributed by atoms with E-state index in [-0.39, 0.29) is 17.6 Å². The van der Waals surface area contributed by atoms with Crippen molar-refractivity contribution in [3.8, 4) is 22.6 Å². The fourth-order valence-electron chi connectivity index (χ4n) is 4.71. The highest BCUT2D eigenvalue weighted by Gasteiger charge is 2.20. The Bertz CT molecular complexity index is 1520. The number of methoxy groups -OCH3 is 1. The van der Waals surface area contributed by atoms with Crippen LogP contribution in [0.15, 0.2) is 71.7 Å². The van der Waals surface area contributed by atoms with E-state index < -0.39 is 0 Å². The van der Waals surface area contributed by atoms with Crippen LogP contribution in [0.3, 0.4) is 0 Å². The molecule has 5 rings (SSSR count). The quantitative estimate of drug-likeness (QED) is 0.349. The molecule has 1 aliphatic rings. The molecule has 7 nitrogen and oxygen atoms in total. The molecule has 37 heavy (non-hydrogen) atoms. The highest BCUT2D eigenvalue weighted by Crippen LogP contribution is 2.36. The third-order valence-electron chi connectivity index (χ3n) is 6.49. The van der Waals surface area contributed by atoms with Crippen molar-refractivity contribution in [2.24, 2.45) is 0 Å². The number of anilines is 1. The number of hydrogen-bond acceptors (Lipinski definition) is 5. The molecule has 0 bridgehead atoms. The highest BCUT2D eigenvalue weighted by molar-refractivity contribution is 5.89. The van der Waals surface area contributed by atoms with E-state index in [2.05, 4.69) is 5.32 Å². The number of hydrogen-bond donors (Lipinski definition) is 1. The number of benzene rings is 2. The Balaban J connectivity index is 1.60. The largest absolute Gasteiger partial charge is 0.493 e. The lowest BCUT2D eigenvalue weighted by Gasteiger charge is -2.18. The third-order valence-corrected chi connectivity index (χ3v) is 6.49. The summed E-state index contributed by atoms with van der Waals surface area (Å²) < 4.78 is 13.5. The zero-order valence-electron chi connectivity index (χ0n) is 20.9. The van der Waals surface area contributed by atoms with Gasteiger partial charge in [-0.3, -0.25) is 14.0 Å². The summed E-state index contributed by atoms with van der Waals surface area (Å²) in [6.07, 6.45) is 10.0. The topological polar surface area (TPSA) is 81.9 Å². The van der Waals surface area contributed by atoms with E-state index in [0.717, 1.165) is 18.4 Å². The van der Waals surface area contributed by atoms with E-state index in [9.17, 15) is 9.59 Å². The van der Waals surface area contributed by atoms with Crippen molar-refractivity contribution in [1.29, 1.82) is 0 Å². The first-order chi connectivity index (χ1) is 18.0. The second-order valence-electron chi connectivity index (χ2n) is 9.10. The van der Waals surface area contributed by atoms with E-state index in [1.54, 1.807) is 31.5 Å². The Labute approximate surface area is 215 Å². The second kappa shape index (κ2) is 10.7. The number of pyridine rings is 1. The molecule has 188 valence electrons. The lowest BCUT2D eigenvalue weighted by molar-refractivity contribution is -0.114. The van der Waals surface area contributed by atoms with Gasteiger partial charge in [-0.15, -0.1) is 0 Å². The van der Waals surface area contributed by atoms with Gasteiger partial charge in [0.1, 0.15) is 5.65 Å². The first-order valence-electron chi connectivity index (χ1n) is 12.4. The van der Waals surface area contributed by atoms with Gasteiger partial charge in [0.15, 0.2) is 11.5 Å². The van der Waals surface area contributed by atoms with E-state index in [1.165, 1.54) is 24.2 Å². The van der Waals surface area contributed by atoms with Gasteiger partial charge >= 0.3 is 0 Å². The monoisotopic (exact) mass is 495 g/mol. The Morgan fingerprint density at radius 1 is 1.03 bits per heavy atom. The summed E-state index contributed by atoms with van der Waals surface area (Å²) in [6, 6.07) is 18.4. The number of rotatable bonds is 7. The Kier molecular flexibility index (Phi) is 7.03. The Morgan fingerprint density at radius 2 is 1.81 bits per heavy atom. The summed E-state index contributed by atoms with van der Waals surface area (Å²) in [5.74, 6) is 1.22. The number of aromatic nitrogens is 2. The van der Waals surface area contributed by atoms with E-state index >= 15 is 0 Å². The van der Waals surface area contributed by atoms with Crippen LogP contribution in [0.5, 0.6) is 11.5 Å². The van der Waals surface area contributed by atoms with E-state index in [1.807, 2.05) is 54.6 Å². The normalized spacial score (nSPS) is 13.8. The third kappa shape index (κ3) is 5.26. The number of carbonyl (C=O) groups is 1. The van der Waals surface area contributed by atoms with Crippen molar-refractivity contribution in [1.82, 2.24) is 9.38 Å². The molecular formula is C30H29N3O4. The molecule has 0 spiro atoms. The molecule has 0 unspecified atom stereocenters. The zero-order valence-corrected chi connectivity index (χ0v) is 20.9. The summed E-state index contributed by atoms with van der Waals surface area (Å²) in [4.78, 5) is 29.8. The van der Waals surface area contributed by atoms with Crippen molar-refractivity contribution >= 4 is 29.4 Å². The standard InChI is InChI=1S/C30H29N3O4/c1-20(34)31-23-16-13-21(14-17-23)28-25(32-27-12-5-6-19-33(27)30(28)35)18-15-22-8-7-11-26(36-2)29(22)37-24-9-3-4-10-24/h5-8,11-19,24H,3-4,9-10H2,1-2H3,(H,31,34)/b18-15+. The predicted octanol–water partition coefficient (Wildman–Crippen LogP) is 5.82. The maximum Gasteiger partial charge on any atom is 0.266 e. The maximum absolute atomic E-state index is 13.6. The summed E-state index contributed by atoms with van der Waals surface area (Å²) in [6.45, 7) is 1.46. The molecule has 0 radical (unpaired) electrons. The molecule has 0 saturated heterocycles. The molecule has 2 aromatic heterocycles. The Morgan fingerprint density at radius 3 is 2.54 bits per heavy atom. The minimum atomic E-state index is -0.175. The lowest BCUT2D eigenvalue weighted by Crippen LogP contribution is -2.18. The molecule has 7 heteroatoms. The molecule has 0 aliphatic heterocycles. The highest BCUT2D eigenvalue weighted by atomic mass is 16.5. The average Bonchev–Trinajstić information content (AvgIpc) is 3.42. The van der Waals surface area contributed by atoms with Crippen molar-refractivity contribution < 1.29 is 14.3 Å². The molecule has 4 aromatic rings. The first kappa shape index (κ1) is 24.3. The van der Waals surface area contributed by atoms with Crippen molar-refractivity contribution in [2.75, 3.05) is 12.4 Å². The fourth-order valence-corrected chi connectivity index (χ4v) is 4.71. The van der Waals surface area contributed by atoms with Crippen LogP contribution in [0, 0.1) is 0 Å². The van der Waals surface area contributed by atoms with Crippen LogP contribution in [0.25, 0.3) is 28.9 Å². The molecule has 1 aliphatic carbocycles. The van der Waals surface area contributed by atoms with Gasteiger partial charge in [0, 0.05) is 24.4 Å². The zero-order chi connectivity index (χ0) is 25.8. The number of amides is 1. The molecule has 1 fully saturated rings. The minimum absolute atomic E-state index is 0.155. The van der Waals surface area contributed by atoms with Gasteiger partial charge in [-0.1, -0.05) is 30.3 Å². The first-order valence-corrected chi connectivity index (χ1v) is 12.4. The van der Waals surface area contributed by atoms with Crippen LogP contribution in [-0.2, 0) is 4.79 Å². The summed E-state index contributed by atoms with van der Waals surface area (Å²) in [7, 11) is 1.64. The molecule has 1 saturated carbocycles. The van der Waals surface area contributed by atoms with Gasteiger partial charge in [0.05, 0.1) is 24.5 Å². The molecule has 1 amide bonds. The number of para-hydroxylation sites is 1. The SMILES string of the molecule is COc1cccc(/C=C/c2nc3ccccn3c(=O)c2-c2ccc(NC(C)=O)cc2)c1OC1CCCC1. The van der Waals surface area contributed by atoms with Crippen LogP contribution in [0.4, 0.5) is 5.69 Å². The minimum Gasteiger partial charge on any atom is -0.493 e. The van der Waals surface area contributed by atoms with Gasteiger partial charge in [-0.2, -0.15) is 0 Å². The van der Waals surface area contributed by atoms with Gasteiger partial charge in [0.2, 0.25) is 5.91 Å². The average molecular weight is 496 g/mol. The lowest BCUT2D eigenvalue weighted by atomic mass is 10.0. The van der Waals surface area contributed by atoms with Crippen LogP contribution in [-0.4, -0.2) is 28.5 Å². The molecule has 2 heterocycles. The molecular weight excluding hydrogens is 466 g/mol. The number of fused-ring (bicyclic) bond motifs is 1. The van der Waals surface area contributed by atoms with Gasteiger partial charge in [0.25, 0.3) is 5.56 Å². The van der Waals surface area contributed by atoms with Gasteiger partial charge in [-0.25, -0.2) is 4.98 Å². The fraction of sp³-hybridized carbons (Fsp3) is 0.233. The van der Waals surface area contributed by atoms with Crippen LogP contribution in [0.2, 0.25) is 0 Å². The smallest absolute Gasteiger partial charge is 0.266 e. The number of nitrogens with one attached hydrogen (secondary N) is 1. The number of ether oxygens (including phenoxy) is 2. The van der Waals surface area contributed by atoms with Crippen molar-refractivity contribution in [2.45, 2.75) is 38.7 Å². The van der Waals surface area contributed by atoms with Crippen LogP contribution in [0.1, 0.15) is 43.9 Å². The van der Waals surface area contributed by atoms with Crippen molar-refractivity contribution in [3.05, 3.63) is 88.5 Å². The van der Waals surface area contributed by atoms with Crippen LogP contribution >= 0.6 is 0 Å². The Hall–Kier alpha value is -4.39. The molecule has 1 N–H and O–H groups in total. The molecule has 2 aromatic carbocycles. The van der Waals surface area contributed by atoms with E-state index in [0.29, 0.717) is 39.7 Å². The summed E-state index contributed by atoms with van der Waals surface area (Å²) in [5.41, 5.74) is 3.61. The van der Waals surface area contributed by atoms with Crippen LogP contribution < -0.4 is 20.3 Å². The maximum atomic E-state index is 13.6. The molecule has 0 atom stereocenters. The van der Waals surface area contributed by atoms with Gasteiger partial charge < -0.3 is 14.8 Å². The summed E-state index contributed by atoms with van der Waals surface area (Å²) in [5, 5.41) is 2.76. The summed E-state index contributed by atoms with van der Waals surface area (Å²) >= 11 is 0. The van der Waals surface area contributed by atoms with Gasteiger partial charge in [-0.05, 0) is 73.7 Å². The number of nitrogens with zero attached hydrogens (tertiary/aromatic N) is 2. The number of carbonyl (C=O) groups excluding carboxylic acids is 1. The second-order valence-corrected chi connectivity index (χ2v) is 9.10.